The Hall–Kier alpha value is -4.84. The molecule has 0 aliphatic carbocycles. The molecule has 0 aliphatic heterocycles. The first kappa shape index (κ1) is 23.9. The molecule has 0 bridgehead atoms. The number of nitrogens with zero attached hydrogens (tertiary/aromatic N) is 2. The minimum absolute atomic E-state index is 0.193. The Labute approximate surface area is 216 Å². The Kier molecular flexibility index (Phi) is 6.99. The van der Waals surface area contributed by atoms with Crippen molar-refractivity contribution in [3.8, 4) is 39.4 Å². The van der Waals surface area contributed by atoms with Crippen LogP contribution in [-0.4, -0.2) is 29.7 Å². The predicted molar refractivity (Wildman–Crippen MR) is 145 cm³/mol. The molecule has 0 spiro atoms. The van der Waals surface area contributed by atoms with Gasteiger partial charge in [0.1, 0.15) is 5.69 Å². The Morgan fingerprint density at radius 2 is 1.43 bits per heavy atom. The molecule has 37 heavy (non-hydrogen) atoms. The maximum Gasteiger partial charge on any atom is 0.270 e. The van der Waals surface area contributed by atoms with Crippen molar-refractivity contribution in [1.82, 2.24) is 14.9 Å². The van der Waals surface area contributed by atoms with E-state index in [0.717, 1.165) is 33.5 Å². The fourth-order valence-electron chi connectivity index (χ4n) is 4.24. The van der Waals surface area contributed by atoms with Gasteiger partial charge < -0.3 is 14.8 Å². The van der Waals surface area contributed by atoms with Crippen LogP contribution in [-0.2, 0) is 6.54 Å². The Bertz CT molecular complexity index is 1510. The summed E-state index contributed by atoms with van der Waals surface area (Å²) >= 11 is 0. The van der Waals surface area contributed by atoms with Crippen molar-refractivity contribution >= 4 is 5.91 Å². The highest BCUT2D eigenvalue weighted by molar-refractivity contribution is 5.93. The fourth-order valence-corrected chi connectivity index (χ4v) is 4.24. The number of carbonyl (C=O) groups excluding carboxylic acids is 1. The molecule has 0 atom stereocenters. The first-order valence-corrected chi connectivity index (χ1v) is 11.9. The summed E-state index contributed by atoms with van der Waals surface area (Å²) in [6, 6.07) is 32.1. The van der Waals surface area contributed by atoms with Gasteiger partial charge in [0.25, 0.3) is 5.91 Å². The Morgan fingerprint density at radius 3 is 2.19 bits per heavy atom. The summed E-state index contributed by atoms with van der Waals surface area (Å²) in [6.45, 7) is 0.421. The van der Waals surface area contributed by atoms with Crippen molar-refractivity contribution in [3.05, 3.63) is 121 Å². The zero-order valence-electron chi connectivity index (χ0n) is 20.7. The van der Waals surface area contributed by atoms with E-state index in [0.29, 0.717) is 23.7 Å². The monoisotopic (exact) mass is 489 g/mol. The van der Waals surface area contributed by atoms with Crippen LogP contribution in [0.25, 0.3) is 27.9 Å². The second-order valence-corrected chi connectivity index (χ2v) is 8.51. The van der Waals surface area contributed by atoms with E-state index in [4.69, 9.17) is 9.47 Å². The average molecular weight is 490 g/mol. The van der Waals surface area contributed by atoms with Crippen LogP contribution in [0.2, 0.25) is 0 Å². The van der Waals surface area contributed by atoms with E-state index in [2.05, 4.69) is 34.6 Å². The third-order valence-electron chi connectivity index (χ3n) is 6.23. The molecule has 6 nitrogen and oxygen atoms in total. The van der Waals surface area contributed by atoms with E-state index in [9.17, 15) is 4.79 Å². The summed E-state index contributed by atoms with van der Waals surface area (Å²) < 4.78 is 12.6. The molecule has 1 amide bonds. The SMILES string of the molecule is COc1ccc(-c2cccc(-n3cncc3C(=O)NCc3ccc(-c4ccccc4)cc3)c2)cc1OC. The van der Waals surface area contributed by atoms with Crippen LogP contribution >= 0.6 is 0 Å². The molecule has 1 heterocycles. The first-order valence-electron chi connectivity index (χ1n) is 11.9. The highest BCUT2D eigenvalue weighted by Crippen LogP contribution is 2.33. The van der Waals surface area contributed by atoms with E-state index in [-0.39, 0.29) is 5.91 Å². The first-order chi connectivity index (χ1) is 18.2. The number of benzene rings is 4. The molecular formula is C31H27N3O3. The highest BCUT2D eigenvalue weighted by atomic mass is 16.5. The lowest BCUT2D eigenvalue weighted by Crippen LogP contribution is -2.25. The van der Waals surface area contributed by atoms with Gasteiger partial charge in [-0.2, -0.15) is 0 Å². The third-order valence-corrected chi connectivity index (χ3v) is 6.23. The van der Waals surface area contributed by atoms with Crippen molar-refractivity contribution in [2.75, 3.05) is 14.2 Å². The van der Waals surface area contributed by atoms with Crippen LogP contribution in [0.3, 0.4) is 0 Å². The van der Waals surface area contributed by atoms with Crippen LogP contribution in [0.4, 0.5) is 0 Å². The topological polar surface area (TPSA) is 65.4 Å². The number of imidazole rings is 1. The molecular weight excluding hydrogens is 462 g/mol. The van der Waals surface area contributed by atoms with Crippen molar-refractivity contribution in [1.29, 1.82) is 0 Å². The second-order valence-electron chi connectivity index (χ2n) is 8.51. The third kappa shape index (κ3) is 5.23. The molecule has 0 saturated carbocycles. The quantitative estimate of drug-likeness (QED) is 0.284. The summed E-state index contributed by atoms with van der Waals surface area (Å²) in [6.07, 6.45) is 3.23. The summed E-state index contributed by atoms with van der Waals surface area (Å²) in [5, 5.41) is 3.01. The number of carbonyl (C=O) groups is 1. The summed E-state index contributed by atoms with van der Waals surface area (Å²) in [5.41, 5.74) is 6.59. The molecule has 0 fully saturated rings. The lowest BCUT2D eigenvalue weighted by atomic mass is 10.0. The minimum atomic E-state index is -0.193. The number of hydrogen-bond acceptors (Lipinski definition) is 4. The van der Waals surface area contributed by atoms with Crippen LogP contribution in [0.1, 0.15) is 16.1 Å². The second kappa shape index (κ2) is 10.8. The molecule has 184 valence electrons. The Morgan fingerprint density at radius 1 is 0.757 bits per heavy atom. The van der Waals surface area contributed by atoms with E-state index < -0.39 is 0 Å². The van der Waals surface area contributed by atoms with E-state index >= 15 is 0 Å². The highest BCUT2D eigenvalue weighted by Gasteiger charge is 2.14. The van der Waals surface area contributed by atoms with Crippen LogP contribution in [0.5, 0.6) is 11.5 Å². The molecule has 4 aromatic carbocycles. The van der Waals surface area contributed by atoms with Crippen LogP contribution < -0.4 is 14.8 Å². The van der Waals surface area contributed by atoms with Gasteiger partial charge in [0.2, 0.25) is 0 Å². The minimum Gasteiger partial charge on any atom is -0.493 e. The molecule has 0 radical (unpaired) electrons. The average Bonchev–Trinajstić information content (AvgIpc) is 3.47. The zero-order chi connectivity index (χ0) is 25.6. The van der Waals surface area contributed by atoms with Crippen molar-refractivity contribution in [2.45, 2.75) is 6.54 Å². The van der Waals surface area contributed by atoms with Gasteiger partial charge in [-0.3, -0.25) is 9.36 Å². The normalized spacial score (nSPS) is 10.6. The number of methoxy groups -OCH3 is 2. The van der Waals surface area contributed by atoms with Gasteiger partial charge in [-0.15, -0.1) is 0 Å². The van der Waals surface area contributed by atoms with Gasteiger partial charge in [0.05, 0.1) is 26.7 Å². The van der Waals surface area contributed by atoms with E-state index in [1.807, 2.05) is 72.8 Å². The molecule has 0 saturated heterocycles. The summed E-state index contributed by atoms with van der Waals surface area (Å²) in [7, 11) is 3.23. The fraction of sp³-hybridized carbons (Fsp3) is 0.0968. The maximum absolute atomic E-state index is 13.1. The largest absolute Gasteiger partial charge is 0.493 e. The van der Waals surface area contributed by atoms with Gasteiger partial charge >= 0.3 is 0 Å². The van der Waals surface area contributed by atoms with Crippen molar-refractivity contribution in [3.63, 3.8) is 0 Å². The van der Waals surface area contributed by atoms with Crippen LogP contribution in [0, 0.1) is 0 Å². The number of hydrogen-bond donors (Lipinski definition) is 1. The summed E-state index contributed by atoms with van der Waals surface area (Å²) in [4.78, 5) is 17.3. The number of rotatable bonds is 8. The standard InChI is InChI=1S/C31H27N3O3/c1-36-29-16-15-26(18-30(29)37-2)25-9-6-10-27(17-25)34-21-32-20-28(34)31(35)33-19-22-11-13-24(14-12-22)23-7-4-3-5-8-23/h3-18,20-21H,19H2,1-2H3,(H,33,35). The number of ether oxygens (including phenoxy) is 2. The molecule has 1 N–H and O–H groups in total. The lowest BCUT2D eigenvalue weighted by molar-refractivity contribution is 0.0944. The van der Waals surface area contributed by atoms with Gasteiger partial charge in [-0.05, 0) is 52.1 Å². The maximum atomic E-state index is 13.1. The molecule has 0 aliphatic rings. The van der Waals surface area contributed by atoms with Gasteiger partial charge in [-0.1, -0.05) is 72.8 Å². The zero-order valence-corrected chi connectivity index (χ0v) is 20.7. The predicted octanol–water partition coefficient (Wildman–Crippen LogP) is 6.15. The molecule has 5 aromatic rings. The lowest BCUT2D eigenvalue weighted by Gasteiger charge is -2.12. The number of aromatic nitrogens is 2. The van der Waals surface area contributed by atoms with Crippen molar-refractivity contribution < 1.29 is 14.3 Å². The number of nitrogens with one attached hydrogen (secondary N) is 1. The van der Waals surface area contributed by atoms with Gasteiger partial charge in [0.15, 0.2) is 11.5 Å². The van der Waals surface area contributed by atoms with Gasteiger partial charge in [-0.25, -0.2) is 4.98 Å². The number of amides is 1. The molecule has 0 unspecified atom stereocenters. The van der Waals surface area contributed by atoms with Crippen molar-refractivity contribution in [2.24, 2.45) is 0 Å². The van der Waals surface area contributed by atoms with Crippen LogP contribution in [0.15, 0.2) is 110 Å². The molecule has 1 aromatic heterocycles. The Balaban J connectivity index is 1.31. The van der Waals surface area contributed by atoms with Gasteiger partial charge in [0, 0.05) is 12.2 Å². The smallest absolute Gasteiger partial charge is 0.270 e. The molecule has 6 heteroatoms. The summed E-state index contributed by atoms with van der Waals surface area (Å²) in [5.74, 6) is 1.14. The molecule has 5 rings (SSSR count). The van der Waals surface area contributed by atoms with E-state index in [1.54, 1.807) is 31.3 Å². The van der Waals surface area contributed by atoms with E-state index in [1.165, 1.54) is 0 Å².